The van der Waals surface area contributed by atoms with Crippen molar-refractivity contribution in [2.45, 2.75) is 12.8 Å². The van der Waals surface area contributed by atoms with E-state index in [1.165, 1.54) is 12.8 Å². The SMILES string of the molecule is C1=C[C@@H]2[C@@H](C1)[C@H]1C=C[C@H]2C1. The van der Waals surface area contributed by atoms with Crippen LogP contribution in [0.15, 0.2) is 24.3 Å². The Morgan fingerprint density at radius 2 is 1.90 bits per heavy atom. The zero-order valence-electron chi connectivity index (χ0n) is 6.03. The van der Waals surface area contributed by atoms with E-state index in [0.29, 0.717) is 0 Å². The fourth-order valence-electron chi connectivity index (χ4n) is 2.97. The van der Waals surface area contributed by atoms with Crippen LogP contribution in [0.4, 0.5) is 0 Å². The van der Waals surface area contributed by atoms with E-state index in [1.54, 1.807) is 0 Å². The molecule has 0 aromatic carbocycles. The van der Waals surface area contributed by atoms with Gasteiger partial charge in [-0.3, -0.25) is 0 Å². The van der Waals surface area contributed by atoms with Gasteiger partial charge in [0.1, 0.15) is 0 Å². The molecule has 0 N–H and O–H groups in total. The third-order valence-electron chi connectivity index (χ3n) is 3.46. The van der Waals surface area contributed by atoms with Crippen molar-refractivity contribution in [3.8, 4) is 0 Å². The van der Waals surface area contributed by atoms with Crippen LogP contribution < -0.4 is 0 Å². The predicted octanol–water partition coefficient (Wildman–Crippen LogP) is 2.38. The Kier molecular flexibility index (Phi) is 0.803. The van der Waals surface area contributed by atoms with Gasteiger partial charge < -0.3 is 0 Å². The Bertz CT molecular complexity index is 212. The van der Waals surface area contributed by atoms with Crippen LogP contribution >= 0.6 is 0 Å². The molecule has 0 aromatic heterocycles. The molecule has 0 spiro atoms. The second kappa shape index (κ2) is 1.55. The maximum atomic E-state index is 2.44. The molecule has 3 rings (SSSR count). The first kappa shape index (κ1) is 5.17. The molecule has 4 atom stereocenters. The lowest BCUT2D eigenvalue weighted by atomic mass is 9.86. The van der Waals surface area contributed by atoms with Gasteiger partial charge in [0.05, 0.1) is 0 Å². The Hall–Kier alpha value is -0.520. The largest absolute Gasteiger partial charge is 0.0879 e. The van der Waals surface area contributed by atoms with Crippen molar-refractivity contribution in [2.24, 2.45) is 23.7 Å². The normalized spacial score (nSPS) is 54.4. The highest BCUT2D eigenvalue weighted by atomic mass is 14.5. The average Bonchev–Trinajstić information content (AvgIpc) is 2.60. The monoisotopic (exact) mass is 132 g/mol. The van der Waals surface area contributed by atoms with Crippen LogP contribution in [0.5, 0.6) is 0 Å². The summed E-state index contributed by atoms with van der Waals surface area (Å²) in [7, 11) is 0. The van der Waals surface area contributed by atoms with E-state index >= 15 is 0 Å². The van der Waals surface area contributed by atoms with Crippen molar-refractivity contribution in [1.29, 1.82) is 0 Å². The zero-order chi connectivity index (χ0) is 6.55. The summed E-state index contributed by atoms with van der Waals surface area (Å²) < 4.78 is 0. The van der Waals surface area contributed by atoms with E-state index in [4.69, 9.17) is 0 Å². The lowest BCUT2D eigenvalue weighted by Gasteiger charge is -2.18. The fourth-order valence-corrected chi connectivity index (χ4v) is 2.97. The van der Waals surface area contributed by atoms with Crippen LogP contribution in [0.1, 0.15) is 12.8 Å². The standard InChI is InChI=1S/C10H12/c1-2-9-7-4-5-8(6-7)10(9)3-1/h1-2,4-5,7-10H,3,6H2/t7-,8-,9-,10-/m0/s1. The average molecular weight is 132 g/mol. The third kappa shape index (κ3) is 0.448. The van der Waals surface area contributed by atoms with E-state index in [1.807, 2.05) is 0 Å². The summed E-state index contributed by atoms with van der Waals surface area (Å²) in [5.41, 5.74) is 0. The highest BCUT2D eigenvalue weighted by Crippen LogP contribution is 2.52. The van der Waals surface area contributed by atoms with Gasteiger partial charge in [0.15, 0.2) is 0 Å². The third-order valence-corrected chi connectivity index (χ3v) is 3.46. The molecule has 2 bridgehead atoms. The van der Waals surface area contributed by atoms with Crippen LogP contribution in [0.3, 0.4) is 0 Å². The van der Waals surface area contributed by atoms with Gasteiger partial charge in [-0.1, -0.05) is 24.3 Å². The first-order valence-corrected chi connectivity index (χ1v) is 4.30. The second-order valence-electron chi connectivity index (χ2n) is 3.85. The van der Waals surface area contributed by atoms with Gasteiger partial charge in [0.25, 0.3) is 0 Å². The molecule has 0 saturated heterocycles. The van der Waals surface area contributed by atoms with Crippen molar-refractivity contribution in [3.63, 3.8) is 0 Å². The van der Waals surface area contributed by atoms with E-state index in [9.17, 15) is 0 Å². The molecule has 52 valence electrons. The number of hydrogen-bond acceptors (Lipinski definition) is 0. The maximum Gasteiger partial charge on any atom is -0.0133 e. The molecule has 0 heterocycles. The smallest absolute Gasteiger partial charge is 0.0133 e. The summed E-state index contributed by atoms with van der Waals surface area (Å²) in [5, 5.41) is 0. The quantitative estimate of drug-likeness (QED) is 0.444. The molecule has 0 radical (unpaired) electrons. The molecule has 0 aromatic rings. The summed E-state index contributed by atoms with van der Waals surface area (Å²) in [5.74, 6) is 3.82. The van der Waals surface area contributed by atoms with Crippen LogP contribution in [0, 0.1) is 23.7 Å². The Labute approximate surface area is 61.6 Å². The van der Waals surface area contributed by atoms with Crippen LogP contribution in [0.25, 0.3) is 0 Å². The first-order chi connectivity index (χ1) is 4.95. The zero-order valence-corrected chi connectivity index (χ0v) is 6.03. The lowest BCUT2D eigenvalue weighted by Crippen LogP contribution is -2.12. The van der Waals surface area contributed by atoms with Crippen LogP contribution in [-0.2, 0) is 0 Å². The second-order valence-corrected chi connectivity index (χ2v) is 3.85. The Morgan fingerprint density at radius 1 is 1.00 bits per heavy atom. The predicted molar refractivity (Wildman–Crippen MR) is 41.5 cm³/mol. The maximum absolute atomic E-state index is 2.44. The minimum absolute atomic E-state index is 0.925. The number of fused-ring (bicyclic) bond motifs is 5. The van der Waals surface area contributed by atoms with Gasteiger partial charge in [-0.2, -0.15) is 0 Å². The molecule has 3 aliphatic rings. The van der Waals surface area contributed by atoms with Crippen molar-refractivity contribution in [1.82, 2.24) is 0 Å². The fraction of sp³-hybridized carbons (Fsp3) is 0.600. The van der Waals surface area contributed by atoms with E-state index in [2.05, 4.69) is 24.3 Å². The Balaban J connectivity index is 2.04. The van der Waals surface area contributed by atoms with Gasteiger partial charge in [0, 0.05) is 0 Å². The lowest BCUT2D eigenvalue weighted by molar-refractivity contribution is 0.398. The minimum Gasteiger partial charge on any atom is -0.0879 e. The molecule has 0 nitrogen and oxygen atoms in total. The molecule has 0 aliphatic heterocycles. The molecular weight excluding hydrogens is 120 g/mol. The molecule has 3 aliphatic carbocycles. The molecule has 10 heavy (non-hydrogen) atoms. The number of allylic oxidation sites excluding steroid dienone is 4. The highest BCUT2D eigenvalue weighted by molar-refractivity contribution is 5.21. The molecule has 0 amide bonds. The first-order valence-electron chi connectivity index (χ1n) is 4.30. The van der Waals surface area contributed by atoms with Crippen molar-refractivity contribution >= 4 is 0 Å². The Morgan fingerprint density at radius 3 is 2.80 bits per heavy atom. The van der Waals surface area contributed by atoms with E-state index < -0.39 is 0 Å². The van der Waals surface area contributed by atoms with Gasteiger partial charge in [0.2, 0.25) is 0 Å². The molecular formula is C10H12. The highest BCUT2D eigenvalue weighted by Gasteiger charge is 2.44. The molecule has 1 saturated carbocycles. The summed E-state index contributed by atoms with van der Waals surface area (Å²) in [6.45, 7) is 0. The molecule has 0 unspecified atom stereocenters. The van der Waals surface area contributed by atoms with Crippen molar-refractivity contribution < 1.29 is 0 Å². The molecule has 0 heteroatoms. The minimum atomic E-state index is 0.925. The summed E-state index contributed by atoms with van der Waals surface area (Å²) in [6.07, 6.45) is 12.5. The van der Waals surface area contributed by atoms with Gasteiger partial charge in [-0.25, -0.2) is 0 Å². The van der Waals surface area contributed by atoms with E-state index in [-0.39, 0.29) is 0 Å². The van der Waals surface area contributed by atoms with Gasteiger partial charge in [-0.15, -0.1) is 0 Å². The summed E-state index contributed by atoms with van der Waals surface area (Å²) in [4.78, 5) is 0. The topological polar surface area (TPSA) is 0 Å². The van der Waals surface area contributed by atoms with Crippen molar-refractivity contribution in [3.05, 3.63) is 24.3 Å². The van der Waals surface area contributed by atoms with Crippen molar-refractivity contribution in [2.75, 3.05) is 0 Å². The summed E-state index contributed by atoms with van der Waals surface area (Å²) >= 11 is 0. The summed E-state index contributed by atoms with van der Waals surface area (Å²) in [6, 6.07) is 0. The van der Waals surface area contributed by atoms with Crippen LogP contribution in [-0.4, -0.2) is 0 Å². The number of hydrogen-bond donors (Lipinski definition) is 0. The molecule has 1 fully saturated rings. The van der Waals surface area contributed by atoms with Crippen LogP contribution in [0.2, 0.25) is 0 Å². The van der Waals surface area contributed by atoms with E-state index in [0.717, 1.165) is 23.7 Å². The number of rotatable bonds is 0. The van der Waals surface area contributed by atoms with Gasteiger partial charge >= 0.3 is 0 Å². The van der Waals surface area contributed by atoms with Gasteiger partial charge in [-0.05, 0) is 36.5 Å².